The second-order valence-electron chi connectivity index (χ2n) is 7.80. The summed E-state index contributed by atoms with van der Waals surface area (Å²) in [5.74, 6) is -5.36. The monoisotopic (exact) mass is 520 g/mol. The predicted octanol–water partition coefficient (Wildman–Crippen LogP) is -2.52. The maximum absolute atomic E-state index is 13.0. The Kier molecular flexibility index (Phi) is 16.1. The highest BCUT2D eigenvalue weighted by Crippen LogP contribution is 2.07. The number of carboxylic acid groups (broad SMARTS) is 2. The van der Waals surface area contributed by atoms with Crippen LogP contribution in [0.5, 0.6) is 0 Å². The molecule has 14 nitrogen and oxygen atoms in total. The number of rotatable bonds is 19. The Hall–Kier alpha value is -2.91. The molecule has 15 heteroatoms. The summed E-state index contributed by atoms with van der Waals surface area (Å²) >= 11 is 1.42. The third kappa shape index (κ3) is 14.2. The summed E-state index contributed by atoms with van der Waals surface area (Å²) in [4.78, 5) is 71.2. The van der Waals surface area contributed by atoms with Crippen LogP contribution in [-0.4, -0.2) is 88.5 Å². The molecule has 0 bridgehead atoms. The number of carbonyl (C=O) groups excluding carboxylic acids is 4. The number of nitrogens with two attached hydrogens (primary N) is 3. The Labute approximate surface area is 207 Å². The lowest BCUT2D eigenvalue weighted by molar-refractivity contribution is -0.147. The van der Waals surface area contributed by atoms with Crippen LogP contribution in [0, 0.1) is 0 Å². The van der Waals surface area contributed by atoms with Gasteiger partial charge in [-0.15, -0.1) is 0 Å². The third-order valence-electron chi connectivity index (χ3n) is 4.86. The molecule has 0 heterocycles. The van der Waals surface area contributed by atoms with Crippen molar-refractivity contribution in [2.24, 2.45) is 17.2 Å². The van der Waals surface area contributed by atoms with E-state index in [0.29, 0.717) is 25.1 Å². The maximum Gasteiger partial charge on any atom is 0.326 e. The van der Waals surface area contributed by atoms with E-state index < -0.39 is 66.2 Å². The molecule has 0 fully saturated rings. The summed E-state index contributed by atoms with van der Waals surface area (Å²) in [7, 11) is 0. The average molecular weight is 521 g/mol. The lowest BCUT2D eigenvalue weighted by Crippen LogP contribution is -2.57. The van der Waals surface area contributed by atoms with E-state index in [-0.39, 0.29) is 25.7 Å². The largest absolute Gasteiger partial charge is 0.481 e. The van der Waals surface area contributed by atoms with Crippen LogP contribution in [0.15, 0.2) is 0 Å². The van der Waals surface area contributed by atoms with Crippen LogP contribution in [0.4, 0.5) is 0 Å². The van der Waals surface area contributed by atoms with Crippen LogP contribution in [0.2, 0.25) is 0 Å². The van der Waals surface area contributed by atoms with Crippen molar-refractivity contribution < 1.29 is 39.0 Å². The molecule has 11 N–H and O–H groups in total. The number of nitrogens with one attached hydrogen (secondary N) is 3. The van der Waals surface area contributed by atoms with Crippen molar-refractivity contribution in [3.8, 4) is 0 Å². The maximum atomic E-state index is 13.0. The summed E-state index contributed by atoms with van der Waals surface area (Å²) in [6.07, 6.45) is 2.09. The fraction of sp³-hybridized carbons (Fsp3) is 0.700. The quantitative estimate of drug-likeness (QED) is 0.0824. The summed E-state index contributed by atoms with van der Waals surface area (Å²) < 4.78 is 0. The van der Waals surface area contributed by atoms with Gasteiger partial charge in [0.05, 0.1) is 12.5 Å². The first kappa shape index (κ1) is 32.1. The van der Waals surface area contributed by atoms with E-state index >= 15 is 0 Å². The Morgan fingerprint density at radius 3 is 1.86 bits per heavy atom. The van der Waals surface area contributed by atoms with Gasteiger partial charge in [-0.2, -0.15) is 11.8 Å². The predicted molar refractivity (Wildman–Crippen MR) is 128 cm³/mol. The molecule has 0 aromatic carbocycles. The highest BCUT2D eigenvalue weighted by atomic mass is 32.2. The van der Waals surface area contributed by atoms with Gasteiger partial charge in [0.2, 0.25) is 23.6 Å². The third-order valence-corrected chi connectivity index (χ3v) is 5.50. The van der Waals surface area contributed by atoms with Crippen molar-refractivity contribution in [1.29, 1.82) is 0 Å². The zero-order valence-electron chi connectivity index (χ0n) is 19.7. The van der Waals surface area contributed by atoms with Gasteiger partial charge in [0.1, 0.15) is 18.1 Å². The minimum absolute atomic E-state index is 0.0116. The molecule has 0 saturated carbocycles. The minimum Gasteiger partial charge on any atom is -0.481 e. The van der Waals surface area contributed by atoms with Gasteiger partial charge in [0, 0.05) is 6.42 Å². The van der Waals surface area contributed by atoms with Crippen molar-refractivity contribution in [3.63, 3.8) is 0 Å². The Balaban J connectivity index is 5.47. The first-order chi connectivity index (χ1) is 16.4. The molecule has 4 atom stereocenters. The molecule has 0 aromatic heterocycles. The first-order valence-corrected chi connectivity index (χ1v) is 12.4. The van der Waals surface area contributed by atoms with Gasteiger partial charge in [0.15, 0.2) is 0 Å². The van der Waals surface area contributed by atoms with Crippen LogP contribution < -0.4 is 33.2 Å². The number of thioether (sulfide) groups is 1. The lowest BCUT2D eigenvalue weighted by atomic mass is 10.1. The van der Waals surface area contributed by atoms with Gasteiger partial charge in [0.25, 0.3) is 0 Å². The van der Waals surface area contributed by atoms with Gasteiger partial charge in [-0.05, 0) is 50.7 Å². The average Bonchev–Trinajstić information content (AvgIpc) is 2.78. The van der Waals surface area contributed by atoms with Crippen molar-refractivity contribution in [3.05, 3.63) is 0 Å². The molecule has 0 aliphatic heterocycles. The highest BCUT2D eigenvalue weighted by Gasteiger charge is 2.30. The van der Waals surface area contributed by atoms with Gasteiger partial charge < -0.3 is 43.4 Å². The van der Waals surface area contributed by atoms with Crippen LogP contribution in [-0.2, 0) is 28.8 Å². The van der Waals surface area contributed by atoms with E-state index in [1.807, 2.05) is 0 Å². The number of hydrogen-bond acceptors (Lipinski definition) is 9. The van der Waals surface area contributed by atoms with Crippen molar-refractivity contribution in [2.75, 3.05) is 18.6 Å². The van der Waals surface area contributed by atoms with Crippen LogP contribution in [0.25, 0.3) is 0 Å². The van der Waals surface area contributed by atoms with Crippen molar-refractivity contribution >= 4 is 47.3 Å². The molecule has 35 heavy (non-hydrogen) atoms. The number of carboxylic acids is 2. The van der Waals surface area contributed by atoms with Gasteiger partial charge in [-0.1, -0.05) is 0 Å². The number of primary amides is 1. The molecule has 200 valence electrons. The smallest absolute Gasteiger partial charge is 0.326 e. The molecular weight excluding hydrogens is 484 g/mol. The van der Waals surface area contributed by atoms with Crippen LogP contribution >= 0.6 is 11.8 Å². The summed E-state index contributed by atoms with van der Waals surface area (Å²) in [6.45, 7) is 0.328. The minimum atomic E-state index is -1.69. The van der Waals surface area contributed by atoms with Crippen LogP contribution in [0.3, 0.4) is 0 Å². The molecule has 0 aliphatic carbocycles. The Morgan fingerprint density at radius 2 is 1.37 bits per heavy atom. The van der Waals surface area contributed by atoms with E-state index in [1.165, 1.54) is 11.8 Å². The van der Waals surface area contributed by atoms with E-state index in [0.717, 1.165) is 0 Å². The number of hydrogen-bond donors (Lipinski definition) is 8. The molecule has 0 aliphatic rings. The summed E-state index contributed by atoms with van der Waals surface area (Å²) in [6, 6.07) is -5.03. The second kappa shape index (κ2) is 17.5. The van der Waals surface area contributed by atoms with Crippen LogP contribution in [0.1, 0.15) is 44.9 Å². The molecule has 4 unspecified atom stereocenters. The molecular formula is C20H36N6O8S. The Morgan fingerprint density at radius 1 is 0.829 bits per heavy atom. The number of unbranched alkanes of at least 4 members (excludes halogenated alkanes) is 1. The summed E-state index contributed by atoms with van der Waals surface area (Å²) in [5, 5.41) is 25.2. The van der Waals surface area contributed by atoms with Gasteiger partial charge in [-0.3, -0.25) is 24.0 Å². The van der Waals surface area contributed by atoms with E-state index in [9.17, 15) is 33.9 Å². The van der Waals surface area contributed by atoms with E-state index in [4.69, 9.17) is 22.3 Å². The standard InChI is InChI=1S/C20H36N6O8S/c1-35-9-7-13(24-17(30)11(22)5-6-15(23)27)19(32)25-12(4-2-3-8-21)18(31)26-14(20(33)34)10-16(28)29/h11-14H,2-10,21-22H2,1H3,(H2,23,27)(H,24,30)(H,25,32)(H,26,31)(H,28,29)(H,33,34). The molecule has 0 radical (unpaired) electrons. The number of carbonyl (C=O) groups is 6. The molecule has 0 saturated heterocycles. The van der Waals surface area contributed by atoms with Crippen molar-refractivity contribution in [2.45, 2.75) is 69.1 Å². The second-order valence-corrected chi connectivity index (χ2v) is 8.78. The Bertz CT molecular complexity index is 753. The topological polar surface area (TPSA) is 257 Å². The first-order valence-electron chi connectivity index (χ1n) is 11.0. The normalized spacial score (nSPS) is 14.1. The van der Waals surface area contributed by atoms with Gasteiger partial charge >= 0.3 is 11.9 Å². The number of amides is 4. The summed E-state index contributed by atoms with van der Waals surface area (Å²) in [5.41, 5.74) is 16.3. The SMILES string of the molecule is CSCCC(NC(=O)C(N)CCC(N)=O)C(=O)NC(CCCCN)C(=O)NC(CC(=O)O)C(=O)O. The highest BCUT2D eigenvalue weighted by molar-refractivity contribution is 7.98. The molecule has 4 amide bonds. The molecule has 0 aromatic rings. The van der Waals surface area contributed by atoms with Crippen molar-refractivity contribution in [1.82, 2.24) is 16.0 Å². The zero-order chi connectivity index (χ0) is 27.0. The molecule has 0 rings (SSSR count). The number of aliphatic carboxylic acids is 2. The molecule has 0 spiro atoms. The van der Waals surface area contributed by atoms with E-state index in [1.54, 1.807) is 6.26 Å². The lowest BCUT2D eigenvalue weighted by Gasteiger charge is -2.25. The fourth-order valence-electron chi connectivity index (χ4n) is 2.89. The fourth-order valence-corrected chi connectivity index (χ4v) is 3.36. The zero-order valence-corrected chi connectivity index (χ0v) is 20.5. The van der Waals surface area contributed by atoms with E-state index in [2.05, 4.69) is 16.0 Å². The van der Waals surface area contributed by atoms with Gasteiger partial charge in [-0.25, -0.2) is 4.79 Å².